The molecule has 0 aromatic rings. The van der Waals surface area contributed by atoms with Gasteiger partial charge in [-0.3, -0.25) is 0 Å². The molecule has 2 heterocycles. The predicted octanol–water partition coefficient (Wildman–Crippen LogP) is 1.77. The number of aliphatic hydroxyl groups is 1. The Hall–Kier alpha value is -0.770. The van der Waals surface area contributed by atoms with Crippen LogP contribution in [0.15, 0.2) is 0 Å². The molecular formula is C12H21NO3. The first kappa shape index (κ1) is 11.7. The van der Waals surface area contributed by atoms with Crippen molar-refractivity contribution in [3.05, 3.63) is 0 Å². The summed E-state index contributed by atoms with van der Waals surface area (Å²) in [6.45, 7) is 6.58. The second-order valence-electron chi connectivity index (χ2n) is 6.06. The van der Waals surface area contributed by atoms with Gasteiger partial charge >= 0.3 is 6.09 Å². The van der Waals surface area contributed by atoms with Crippen LogP contribution < -0.4 is 0 Å². The Balaban J connectivity index is 2.02. The van der Waals surface area contributed by atoms with Crippen LogP contribution in [0.4, 0.5) is 4.79 Å². The molecule has 16 heavy (non-hydrogen) atoms. The first-order chi connectivity index (χ1) is 7.36. The lowest BCUT2D eigenvalue weighted by Crippen LogP contribution is -2.50. The van der Waals surface area contributed by atoms with E-state index in [2.05, 4.69) is 0 Å². The topological polar surface area (TPSA) is 49.8 Å². The molecule has 3 aliphatic rings. The summed E-state index contributed by atoms with van der Waals surface area (Å²) in [5.41, 5.74) is -0.536. The molecule has 1 amide bonds. The fraction of sp³-hybridized carbons (Fsp3) is 0.917. The maximum Gasteiger partial charge on any atom is 0.410 e. The van der Waals surface area contributed by atoms with Gasteiger partial charge in [-0.25, -0.2) is 4.79 Å². The van der Waals surface area contributed by atoms with Gasteiger partial charge in [-0.2, -0.15) is 0 Å². The van der Waals surface area contributed by atoms with E-state index in [0.29, 0.717) is 12.3 Å². The zero-order valence-electron chi connectivity index (χ0n) is 10.3. The highest BCUT2D eigenvalue weighted by Gasteiger charge is 2.58. The lowest BCUT2D eigenvalue weighted by molar-refractivity contribution is 0.00143. The van der Waals surface area contributed by atoms with Crippen molar-refractivity contribution in [1.29, 1.82) is 0 Å². The summed E-state index contributed by atoms with van der Waals surface area (Å²) < 4.78 is 5.40. The van der Waals surface area contributed by atoms with E-state index in [4.69, 9.17) is 9.84 Å². The average molecular weight is 227 g/mol. The van der Waals surface area contributed by atoms with Crippen LogP contribution in [-0.2, 0) is 4.74 Å². The molecular weight excluding hydrogens is 206 g/mol. The van der Waals surface area contributed by atoms with Gasteiger partial charge < -0.3 is 14.7 Å². The standard InChI is InChI=1S/C12H21NO3/c1-11(2,3)16-10(15)13-8-9-6-12(13,7-9)4-5-14/h9,14H,4-8H2,1-3H3. The molecule has 0 aromatic heterocycles. The number of hydrogen-bond donors (Lipinski definition) is 1. The molecule has 0 unspecified atom stereocenters. The Kier molecular flexibility index (Phi) is 2.65. The number of ether oxygens (including phenoxy) is 1. The Morgan fingerprint density at radius 2 is 2.12 bits per heavy atom. The van der Waals surface area contributed by atoms with Gasteiger partial charge in [0.05, 0.1) is 0 Å². The quantitative estimate of drug-likeness (QED) is 0.782. The molecule has 0 atom stereocenters. The van der Waals surface area contributed by atoms with E-state index in [-0.39, 0.29) is 18.2 Å². The number of nitrogens with zero attached hydrogens (tertiary/aromatic N) is 1. The molecule has 2 bridgehead atoms. The molecule has 3 fully saturated rings. The minimum Gasteiger partial charge on any atom is -0.444 e. The first-order valence-electron chi connectivity index (χ1n) is 5.98. The van der Waals surface area contributed by atoms with Crippen LogP contribution >= 0.6 is 0 Å². The highest BCUT2D eigenvalue weighted by Crippen LogP contribution is 2.52. The highest BCUT2D eigenvalue weighted by molar-refractivity contribution is 5.70. The van der Waals surface area contributed by atoms with Crippen LogP contribution in [0.3, 0.4) is 0 Å². The third-order valence-electron chi connectivity index (χ3n) is 3.54. The summed E-state index contributed by atoms with van der Waals surface area (Å²) in [5.74, 6) is 0.624. The van der Waals surface area contributed by atoms with Gasteiger partial charge in [-0.15, -0.1) is 0 Å². The van der Waals surface area contributed by atoms with Crippen LogP contribution in [0.2, 0.25) is 0 Å². The van der Waals surface area contributed by atoms with Crippen molar-refractivity contribution >= 4 is 6.09 Å². The second kappa shape index (κ2) is 3.62. The van der Waals surface area contributed by atoms with Gasteiger partial charge in [-0.1, -0.05) is 0 Å². The zero-order chi connectivity index (χ0) is 12.0. The molecule has 1 N–H and O–H groups in total. The highest BCUT2D eigenvalue weighted by atomic mass is 16.6. The number of hydrogen-bond acceptors (Lipinski definition) is 3. The van der Waals surface area contributed by atoms with Crippen LogP contribution in [0, 0.1) is 5.92 Å². The van der Waals surface area contributed by atoms with E-state index in [1.807, 2.05) is 25.7 Å². The predicted molar refractivity (Wildman–Crippen MR) is 60.1 cm³/mol. The van der Waals surface area contributed by atoms with Gasteiger partial charge in [-0.05, 0) is 46.0 Å². The first-order valence-corrected chi connectivity index (χ1v) is 5.98. The van der Waals surface area contributed by atoms with Crippen molar-refractivity contribution in [3.63, 3.8) is 0 Å². The van der Waals surface area contributed by atoms with Gasteiger partial charge in [0, 0.05) is 18.7 Å². The zero-order valence-corrected chi connectivity index (χ0v) is 10.3. The summed E-state index contributed by atoms with van der Waals surface area (Å²) >= 11 is 0. The SMILES string of the molecule is CC(C)(C)OC(=O)N1CC2CC1(CCO)C2. The number of carbonyl (C=O) groups is 1. The monoisotopic (exact) mass is 227 g/mol. The summed E-state index contributed by atoms with van der Waals surface area (Å²) in [5, 5.41) is 9.07. The summed E-state index contributed by atoms with van der Waals surface area (Å²) in [4.78, 5) is 13.8. The minimum atomic E-state index is -0.440. The average Bonchev–Trinajstić information content (AvgIpc) is 2.54. The fourth-order valence-electron chi connectivity index (χ4n) is 2.95. The normalized spacial score (nSPS) is 32.5. The lowest BCUT2D eigenvalue weighted by atomic mass is 9.71. The molecule has 1 aliphatic carbocycles. The Morgan fingerprint density at radius 3 is 2.62 bits per heavy atom. The third-order valence-corrected chi connectivity index (χ3v) is 3.54. The van der Waals surface area contributed by atoms with Gasteiger partial charge in [0.15, 0.2) is 0 Å². The Morgan fingerprint density at radius 1 is 1.50 bits per heavy atom. The van der Waals surface area contributed by atoms with Gasteiger partial charge in [0.1, 0.15) is 5.60 Å². The molecule has 2 aliphatic heterocycles. The van der Waals surface area contributed by atoms with Crippen molar-refractivity contribution in [1.82, 2.24) is 4.90 Å². The van der Waals surface area contributed by atoms with Crippen molar-refractivity contribution < 1.29 is 14.6 Å². The molecule has 0 spiro atoms. The van der Waals surface area contributed by atoms with Crippen LogP contribution in [0.1, 0.15) is 40.0 Å². The van der Waals surface area contributed by atoms with E-state index < -0.39 is 5.60 Å². The van der Waals surface area contributed by atoms with Crippen LogP contribution in [-0.4, -0.2) is 40.4 Å². The van der Waals surface area contributed by atoms with Gasteiger partial charge in [0.25, 0.3) is 0 Å². The fourth-order valence-corrected chi connectivity index (χ4v) is 2.95. The number of aliphatic hydroxyl groups excluding tert-OH is 1. The molecule has 4 nitrogen and oxygen atoms in total. The Labute approximate surface area is 96.6 Å². The van der Waals surface area contributed by atoms with E-state index in [1.165, 1.54) is 0 Å². The smallest absolute Gasteiger partial charge is 0.410 e. The molecule has 3 rings (SSSR count). The number of fused-ring (bicyclic) bond motifs is 1. The third kappa shape index (κ3) is 1.90. The largest absolute Gasteiger partial charge is 0.444 e. The molecule has 0 radical (unpaired) electrons. The summed E-state index contributed by atoms with van der Waals surface area (Å²) in [7, 11) is 0. The van der Waals surface area contributed by atoms with Crippen LogP contribution in [0.25, 0.3) is 0 Å². The molecule has 0 aromatic carbocycles. The lowest BCUT2D eigenvalue weighted by Gasteiger charge is -2.42. The minimum absolute atomic E-state index is 0.0955. The van der Waals surface area contributed by atoms with Crippen molar-refractivity contribution in [2.75, 3.05) is 13.2 Å². The number of rotatable bonds is 2. The van der Waals surface area contributed by atoms with E-state index in [0.717, 1.165) is 19.4 Å². The van der Waals surface area contributed by atoms with E-state index >= 15 is 0 Å². The van der Waals surface area contributed by atoms with E-state index in [9.17, 15) is 4.79 Å². The Bertz CT molecular complexity index is 289. The maximum absolute atomic E-state index is 12.0. The summed E-state index contributed by atoms with van der Waals surface area (Å²) in [6, 6.07) is 0. The summed E-state index contributed by atoms with van der Waals surface area (Å²) in [6.07, 6.45) is 2.53. The van der Waals surface area contributed by atoms with E-state index in [1.54, 1.807) is 0 Å². The van der Waals surface area contributed by atoms with Crippen LogP contribution in [0.5, 0.6) is 0 Å². The van der Waals surface area contributed by atoms with Crippen molar-refractivity contribution in [3.8, 4) is 0 Å². The van der Waals surface area contributed by atoms with Gasteiger partial charge in [0.2, 0.25) is 0 Å². The number of carbonyl (C=O) groups excluding carboxylic acids is 1. The number of amides is 1. The van der Waals surface area contributed by atoms with Crippen molar-refractivity contribution in [2.24, 2.45) is 5.92 Å². The molecule has 1 saturated carbocycles. The molecule has 4 heteroatoms. The molecule has 92 valence electrons. The molecule has 2 saturated heterocycles. The maximum atomic E-state index is 12.0. The second-order valence-corrected chi connectivity index (χ2v) is 6.06. The van der Waals surface area contributed by atoms with Crippen molar-refractivity contribution in [2.45, 2.75) is 51.2 Å².